The maximum atomic E-state index is 12.0. The number of ketones is 1. The van der Waals surface area contributed by atoms with E-state index in [1.807, 2.05) is 0 Å². The second-order valence-corrected chi connectivity index (χ2v) is 6.48. The van der Waals surface area contributed by atoms with Crippen LogP contribution in [-0.4, -0.2) is 39.3 Å². The molecule has 104 valence electrons. The summed E-state index contributed by atoms with van der Waals surface area (Å²) < 4.78 is -0.720. The van der Waals surface area contributed by atoms with E-state index >= 15 is 0 Å². The number of aliphatic carboxylic acids is 1. The van der Waals surface area contributed by atoms with Crippen molar-refractivity contribution in [2.45, 2.75) is 37.2 Å². The van der Waals surface area contributed by atoms with Crippen LogP contribution in [0.5, 0.6) is 0 Å². The van der Waals surface area contributed by atoms with Gasteiger partial charge in [-0.05, 0) is 0 Å². The van der Waals surface area contributed by atoms with Crippen LogP contribution < -0.4 is 11.1 Å². The van der Waals surface area contributed by atoms with E-state index in [0.717, 1.165) is 0 Å². The van der Waals surface area contributed by atoms with E-state index in [2.05, 4.69) is 5.32 Å². The van der Waals surface area contributed by atoms with E-state index in [1.54, 1.807) is 43.4 Å². The van der Waals surface area contributed by atoms with Gasteiger partial charge in [0.15, 0.2) is 5.78 Å². The van der Waals surface area contributed by atoms with Crippen molar-refractivity contribution in [1.29, 1.82) is 0 Å². The summed E-state index contributed by atoms with van der Waals surface area (Å²) in [5.74, 6) is -1.71. The van der Waals surface area contributed by atoms with Crippen LogP contribution in [0.1, 0.15) is 27.2 Å². The molecule has 6 nitrogen and oxygen atoms in total. The fourth-order valence-corrected chi connectivity index (χ4v) is 1.82. The number of carboxylic acids is 1. The SMILES string of the molecule is CC(C)(C)C(=O)[C@H](CN)NC(=O)C(I)CC(=O)O. The van der Waals surface area contributed by atoms with Gasteiger partial charge >= 0.3 is 5.97 Å². The molecule has 0 aliphatic carbocycles. The molecule has 0 saturated heterocycles. The number of carbonyl (C=O) groups excluding carboxylic acids is 2. The van der Waals surface area contributed by atoms with Gasteiger partial charge in [0.1, 0.15) is 9.97 Å². The van der Waals surface area contributed by atoms with Gasteiger partial charge < -0.3 is 16.2 Å². The van der Waals surface area contributed by atoms with Crippen molar-refractivity contribution in [2.75, 3.05) is 6.54 Å². The molecule has 2 atom stereocenters. The molecule has 0 spiro atoms. The molecule has 1 amide bonds. The topological polar surface area (TPSA) is 109 Å². The van der Waals surface area contributed by atoms with E-state index in [9.17, 15) is 14.4 Å². The van der Waals surface area contributed by atoms with Crippen LogP contribution in [0.4, 0.5) is 0 Å². The monoisotopic (exact) mass is 370 g/mol. The van der Waals surface area contributed by atoms with E-state index in [0.29, 0.717) is 0 Å². The fourth-order valence-electron chi connectivity index (χ4n) is 1.26. The lowest BCUT2D eigenvalue weighted by Gasteiger charge is -2.25. The summed E-state index contributed by atoms with van der Waals surface area (Å²) in [6.07, 6.45) is -0.284. The third-order valence-corrected chi connectivity index (χ3v) is 3.25. The van der Waals surface area contributed by atoms with Gasteiger partial charge in [0.2, 0.25) is 5.91 Å². The Kier molecular flexibility index (Phi) is 6.76. The molecule has 0 bridgehead atoms. The molecule has 0 fully saturated rings. The number of hydrogen-bond acceptors (Lipinski definition) is 4. The number of hydrogen-bond donors (Lipinski definition) is 3. The third kappa shape index (κ3) is 5.76. The molecular weight excluding hydrogens is 351 g/mol. The van der Waals surface area contributed by atoms with Crippen LogP contribution >= 0.6 is 22.6 Å². The molecule has 0 saturated carbocycles. The quantitative estimate of drug-likeness (QED) is 0.461. The normalized spacial score (nSPS) is 14.7. The first-order valence-electron chi connectivity index (χ1n) is 5.50. The summed E-state index contributed by atoms with van der Waals surface area (Å²) in [5, 5.41) is 11.1. The lowest BCUT2D eigenvalue weighted by molar-refractivity contribution is -0.138. The average molecular weight is 370 g/mol. The van der Waals surface area contributed by atoms with Crippen molar-refractivity contribution in [2.24, 2.45) is 11.1 Å². The number of carboxylic acid groups (broad SMARTS) is 1. The summed E-state index contributed by atoms with van der Waals surface area (Å²) in [6, 6.07) is -0.774. The smallest absolute Gasteiger partial charge is 0.304 e. The van der Waals surface area contributed by atoms with Gasteiger partial charge in [-0.1, -0.05) is 43.4 Å². The minimum Gasteiger partial charge on any atom is -0.481 e. The van der Waals surface area contributed by atoms with Crippen molar-refractivity contribution in [1.82, 2.24) is 5.32 Å². The molecule has 0 heterocycles. The zero-order chi connectivity index (χ0) is 14.5. The maximum Gasteiger partial charge on any atom is 0.304 e. The first-order valence-corrected chi connectivity index (χ1v) is 6.74. The predicted octanol–water partition coefficient (Wildman–Crippen LogP) is 0.323. The molecule has 0 aromatic heterocycles. The van der Waals surface area contributed by atoms with Gasteiger partial charge in [0.05, 0.1) is 6.42 Å². The van der Waals surface area contributed by atoms with E-state index in [-0.39, 0.29) is 18.7 Å². The van der Waals surface area contributed by atoms with E-state index in [4.69, 9.17) is 10.8 Å². The molecular formula is C11H19IN2O4. The highest BCUT2D eigenvalue weighted by atomic mass is 127. The number of amides is 1. The lowest BCUT2D eigenvalue weighted by atomic mass is 9.86. The van der Waals surface area contributed by atoms with E-state index in [1.165, 1.54) is 0 Å². The van der Waals surface area contributed by atoms with Crippen LogP contribution in [0, 0.1) is 5.41 Å². The molecule has 18 heavy (non-hydrogen) atoms. The van der Waals surface area contributed by atoms with Gasteiger partial charge in [-0.15, -0.1) is 0 Å². The highest BCUT2D eigenvalue weighted by Crippen LogP contribution is 2.17. The number of nitrogens with one attached hydrogen (secondary N) is 1. The summed E-state index contributed by atoms with van der Waals surface area (Å²) in [4.78, 5) is 34.1. The van der Waals surface area contributed by atoms with Crippen LogP contribution in [0.15, 0.2) is 0 Å². The van der Waals surface area contributed by atoms with Crippen LogP contribution in [0.25, 0.3) is 0 Å². The van der Waals surface area contributed by atoms with Crippen molar-refractivity contribution >= 4 is 40.3 Å². The first kappa shape index (κ1) is 17.3. The van der Waals surface area contributed by atoms with Gasteiger partial charge in [0, 0.05) is 12.0 Å². The molecule has 0 radical (unpaired) electrons. The van der Waals surface area contributed by atoms with Crippen molar-refractivity contribution in [3.05, 3.63) is 0 Å². The average Bonchev–Trinajstić information content (AvgIpc) is 2.22. The second-order valence-electron chi connectivity index (χ2n) is 4.98. The largest absolute Gasteiger partial charge is 0.481 e. The summed E-state index contributed by atoms with van der Waals surface area (Å²) in [6.45, 7) is 5.22. The van der Waals surface area contributed by atoms with Crippen molar-refractivity contribution in [3.63, 3.8) is 0 Å². The molecule has 4 N–H and O–H groups in total. The highest BCUT2D eigenvalue weighted by Gasteiger charge is 2.31. The van der Waals surface area contributed by atoms with Crippen molar-refractivity contribution in [3.8, 4) is 0 Å². The number of rotatable bonds is 6. The number of alkyl halides is 1. The summed E-state index contributed by atoms with van der Waals surface area (Å²) in [7, 11) is 0. The summed E-state index contributed by atoms with van der Waals surface area (Å²) in [5.41, 5.74) is 4.86. The number of Topliss-reactive ketones (excluding diaryl/α,β-unsaturated/α-hetero) is 1. The molecule has 0 rings (SSSR count). The third-order valence-electron chi connectivity index (χ3n) is 2.25. The molecule has 1 unspecified atom stereocenters. The fraction of sp³-hybridized carbons (Fsp3) is 0.727. The Balaban J connectivity index is 4.60. The van der Waals surface area contributed by atoms with Gasteiger partial charge in [-0.3, -0.25) is 14.4 Å². The Morgan fingerprint density at radius 1 is 1.33 bits per heavy atom. The van der Waals surface area contributed by atoms with Gasteiger partial charge in [-0.2, -0.15) is 0 Å². The summed E-state index contributed by atoms with van der Waals surface area (Å²) >= 11 is 1.73. The molecule has 0 aliphatic rings. The Morgan fingerprint density at radius 2 is 1.83 bits per heavy atom. The van der Waals surface area contributed by atoms with Crippen LogP contribution in [0.2, 0.25) is 0 Å². The minimum atomic E-state index is -1.06. The predicted molar refractivity (Wildman–Crippen MR) is 75.5 cm³/mol. The highest BCUT2D eigenvalue weighted by molar-refractivity contribution is 14.1. The molecule has 7 heteroatoms. The second kappa shape index (κ2) is 7.03. The van der Waals surface area contributed by atoms with Gasteiger partial charge in [-0.25, -0.2) is 0 Å². The first-order chi connectivity index (χ1) is 8.09. The maximum absolute atomic E-state index is 12.0. The van der Waals surface area contributed by atoms with Crippen LogP contribution in [-0.2, 0) is 14.4 Å². The molecule has 0 aromatic carbocycles. The van der Waals surface area contributed by atoms with Crippen LogP contribution in [0.3, 0.4) is 0 Å². The zero-order valence-electron chi connectivity index (χ0n) is 10.7. The van der Waals surface area contributed by atoms with E-state index < -0.39 is 27.3 Å². The number of nitrogens with two attached hydrogens (primary N) is 1. The Labute approximate surface area is 120 Å². The molecule has 0 aliphatic heterocycles. The van der Waals surface area contributed by atoms with Gasteiger partial charge in [0.25, 0.3) is 0 Å². The Bertz CT molecular complexity index is 338. The lowest BCUT2D eigenvalue weighted by Crippen LogP contribution is -2.51. The minimum absolute atomic E-state index is 0.00171. The van der Waals surface area contributed by atoms with Crippen molar-refractivity contribution < 1.29 is 19.5 Å². The zero-order valence-corrected chi connectivity index (χ0v) is 12.9. The Morgan fingerprint density at radius 3 is 2.17 bits per heavy atom. The standard InChI is InChI=1S/C11H19IN2O4/c1-11(2,3)9(17)7(5-13)14-10(18)6(12)4-8(15)16/h6-7H,4-5,13H2,1-3H3,(H,14,18)(H,15,16)/t6?,7-/m0/s1. The number of halogens is 1. The number of carbonyl (C=O) groups is 3. The Hall–Kier alpha value is -0.700. The molecule has 0 aromatic rings.